The van der Waals surface area contributed by atoms with Crippen LogP contribution < -0.4 is 9.47 Å². The Morgan fingerprint density at radius 2 is 1.76 bits per heavy atom. The van der Waals surface area contributed by atoms with Crippen LogP contribution >= 0.6 is 0 Å². The molecule has 1 amide bonds. The van der Waals surface area contributed by atoms with Crippen molar-refractivity contribution < 1.29 is 48.0 Å². The first-order valence-corrected chi connectivity index (χ1v) is 20.4. The Kier molecular flexibility index (Phi) is 15.1. The molecule has 3 aliphatic rings. The van der Waals surface area contributed by atoms with Crippen molar-refractivity contribution in [2.75, 3.05) is 33.5 Å². The number of allylic oxidation sites excluding steroid dienone is 1. The van der Waals surface area contributed by atoms with Crippen LogP contribution in [0.15, 0.2) is 109 Å². The van der Waals surface area contributed by atoms with Crippen molar-refractivity contribution in [2.24, 2.45) is 22.9 Å². The second-order valence-corrected chi connectivity index (χ2v) is 15.2. The number of amides is 1. The number of oxime groups is 1. The highest BCUT2D eigenvalue weighted by molar-refractivity contribution is 6.03. The maximum atomic E-state index is 14.4. The number of aliphatic hydroxyl groups is 2. The van der Waals surface area contributed by atoms with Crippen LogP contribution in [0.2, 0.25) is 0 Å². The molecule has 6 atom stereocenters. The van der Waals surface area contributed by atoms with E-state index in [1.165, 1.54) is 19.2 Å². The van der Waals surface area contributed by atoms with Crippen molar-refractivity contribution in [1.29, 1.82) is 0 Å². The first-order valence-electron chi connectivity index (χ1n) is 20.4. The Balaban J connectivity index is 1.58. The van der Waals surface area contributed by atoms with Gasteiger partial charge in [-0.1, -0.05) is 60.5 Å². The van der Waals surface area contributed by atoms with Gasteiger partial charge >= 0.3 is 6.09 Å². The molecule has 0 saturated heterocycles. The SMILES string of the molecule is C=CCCOC(=O)N(Cc1ccc(F)cc1)[C@H]1CC(=NOC)C2=C[C@H](CCCCO)[C@@H](CCCCO)[C@@H]3c4cc(Oc5cccc(C=O)c5)ccc4O[C@@]1(OCC=C)[C@H]23. The summed E-state index contributed by atoms with van der Waals surface area (Å²) in [7, 11) is 1.49. The van der Waals surface area contributed by atoms with E-state index in [2.05, 4.69) is 24.4 Å². The van der Waals surface area contributed by atoms with Gasteiger partial charge in [-0.25, -0.2) is 9.18 Å². The summed E-state index contributed by atoms with van der Waals surface area (Å²) in [6.07, 6.45) is 10.7. The number of unbranched alkanes of at least 4 members (excludes halogenated alkanes) is 2. The second kappa shape index (κ2) is 20.6. The van der Waals surface area contributed by atoms with Gasteiger partial charge in [0.1, 0.15) is 42.5 Å². The molecule has 314 valence electrons. The Bertz CT molecular complexity index is 1980. The van der Waals surface area contributed by atoms with Crippen LogP contribution in [0.3, 0.4) is 0 Å². The van der Waals surface area contributed by atoms with Gasteiger partial charge in [0.15, 0.2) is 0 Å². The maximum Gasteiger partial charge on any atom is 0.410 e. The summed E-state index contributed by atoms with van der Waals surface area (Å²) in [6.45, 7) is 8.11. The Morgan fingerprint density at radius 1 is 1.00 bits per heavy atom. The number of hydrogen-bond acceptors (Lipinski definition) is 10. The van der Waals surface area contributed by atoms with Gasteiger partial charge in [-0.05, 0) is 97.5 Å². The number of rotatable bonds is 21. The van der Waals surface area contributed by atoms with Gasteiger partial charge in [-0.2, -0.15) is 0 Å². The summed E-state index contributed by atoms with van der Waals surface area (Å²) in [6, 6.07) is 17.7. The molecule has 0 aromatic heterocycles. The molecule has 3 aromatic rings. The van der Waals surface area contributed by atoms with E-state index in [1.807, 2.05) is 18.2 Å². The van der Waals surface area contributed by atoms with Crippen LogP contribution in [0.1, 0.15) is 78.8 Å². The van der Waals surface area contributed by atoms with Crippen molar-refractivity contribution in [3.63, 3.8) is 0 Å². The minimum atomic E-state index is -1.52. The summed E-state index contributed by atoms with van der Waals surface area (Å²) in [5.74, 6) is -1.16. The monoisotopic (exact) mass is 810 g/mol. The van der Waals surface area contributed by atoms with Gasteiger partial charge in [0.25, 0.3) is 0 Å². The summed E-state index contributed by atoms with van der Waals surface area (Å²) >= 11 is 0. The largest absolute Gasteiger partial charge is 0.459 e. The zero-order valence-corrected chi connectivity index (χ0v) is 33.7. The number of ether oxygens (including phenoxy) is 4. The van der Waals surface area contributed by atoms with Gasteiger partial charge in [-0.15, -0.1) is 13.2 Å². The molecule has 1 fully saturated rings. The van der Waals surface area contributed by atoms with Crippen LogP contribution in [0, 0.1) is 23.6 Å². The second-order valence-electron chi connectivity index (χ2n) is 15.2. The lowest BCUT2D eigenvalue weighted by atomic mass is 9.55. The highest BCUT2D eigenvalue weighted by Gasteiger charge is 2.65. The topological polar surface area (TPSA) is 136 Å². The molecule has 0 radical (unpaired) electrons. The van der Waals surface area contributed by atoms with Gasteiger partial charge in [0.2, 0.25) is 5.79 Å². The van der Waals surface area contributed by atoms with Crippen LogP contribution in [0.4, 0.5) is 9.18 Å². The molecule has 0 spiro atoms. The fourth-order valence-electron chi connectivity index (χ4n) is 9.01. The molecule has 1 heterocycles. The summed E-state index contributed by atoms with van der Waals surface area (Å²) < 4.78 is 40.7. The predicted octanol–water partition coefficient (Wildman–Crippen LogP) is 8.91. The average Bonchev–Trinajstić information content (AvgIpc) is 3.24. The zero-order chi connectivity index (χ0) is 41.8. The number of benzene rings is 3. The standard InChI is InChI=1S/C47H55FN2O9/c1-4-6-25-56-46(54)50(30-32-16-18-35(48)19-17-32)43-29-41(49-55-3)39-27-34(13-7-9-22-51)38(15-8-10-23-52)44-40-28-37(58-36-14-11-12-33(26-36)31-53)20-21-42(40)59-47(43,45(39)44)57-24-5-2/h4-5,11-12,14,16-21,26-28,31,34,38,43-45,51-52H,1-2,6-10,13,15,22-25,29-30H2,3H3/t34-,38+,43-,44+,45+,47+/m0/s1. The van der Waals surface area contributed by atoms with E-state index < -0.39 is 29.7 Å². The molecule has 59 heavy (non-hydrogen) atoms. The molecule has 6 rings (SSSR count). The minimum Gasteiger partial charge on any atom is -0.459 e. The molecular weight excluding hydrogens is 756 g/mol. The number of hydrogen-bond donors (Lipinski definition) is 2. The van der Waals surface area contributed by atoms with Crippen molar-refractivity contribution in [3.8, 4) is 17.2 Å². The average molecular weight is 811 g/mol. The molecule has 2 aliphatic carbocycles. The first-order chi connectivity index (χ1) is 28.8. The lowest BCUT2D eigenvalue weighted by molar-refractivity contribution is -0.256. The molecule has 3 aromatic carbocycles. The Hall–Kier alpha value is -5.30. The van der Waals surface area contributed by atoms with Gasteiger partial charge in [0, 0.05) is 43.2 Å². The van der Waals surface area contributed by atoms with E-state index in [-0.39, 0.29) is 57.1 Å². The fraction of sp³-hybridized carbons (Fsp3) is 0.426. The van der Waals surface area contributed by atoms with Crippen LogP contribution in [0.5, 0.6) is 17.2 Å². The lowest BCUT2D eigenvalue weighted by Crippen LogP contribution is -2.70. The van der Waals surface area contributed by atoms with Crippen molar-refractivity contribution >= 4 is 18.1 Å². The van der Waals surface area contributed by atoms with E-state index in [0.29, 0.717) is 53.3 Å². The maximum absolute atomic E-state index is 14.4. The van der Waals surface area contributed by atoms with E-state index >= 15 is 0 Å². The summed E-state index contributed by atoms with van der Waals surface area (Å²) in [5, 5.41) is 24.4. The van der Waals surface area contributed by atoms with Gasteiger partial charge < -0.3 is 34.0 Å². The number of carbonyl (C=O) groups is 2. The molecule has 0 unspecified atom stereocenters. The summed E-state index contributed by atoms with van der Waals surface area (Å²) in [5.41, 5.74) is 3.53. The molecule has 11 nitrogen and oxygen atoms in total. The van der Waals surface area contributed by atoms with E-state index in [9.17, 15) is 24.2 Å². The normalized spacial score (nSPS) is 23.5. The molecule has 1 saturated carbocycles. The summed E-state index contributed by atoms with van der Waals surface area (Å²) in [4.78, 5) is 33.2. The van der Waals surface area contributed by atoms with Crippen molar-refractivity contribution in [3.05, 3.63) is 126 Å². The van der Waals surface area contributed by atoms with Crippen molar-refractivity contribution in [1.82, 2.24) is 4.90 Å². The zero-order valence-electron chi connectivity index (χ0n) is 33.7. The fourth-order valence-corrected chi connectivity index (χ4v) is 9.01. The number of fused-ring (bicyclic) bond motifs is 2. The van der Waals surface area contributed by atoms with E-state index in [1.54, 1.807) is 53.5 Å². The third kappa shape index (κ3) is 9.78. The lowest BCUT2D eigenvalue weighted by Gasteiger charge is -2.59. The molecule has 0 bridgehead atoms. The van der Waals surface area contributed by atoms with Crippen LogP contribution in [-0.4, -0.2) is 78.6 Å². The van der Waals surface area contributed by atoms with Gasteiger partial charge in [0.05, 0.1) is 24.8 Å². The highest BCUT2D eigenvalue weighted by Crippen LogP contribution is 2.62. The Labute approximate surface area is 345 Å². The number of aldehydes is 1. The third-order valence-electron chi connectivity index (χ3n) is 11.5. The van der Waals surface area contributed by atoms with Crippen LogP contribution in [0.25, 0.3) is 0 Å². The number of nitrogens with zero attached hydrogens (tertiary/aromatic N) is 2. The first kappa shape index (κ1) is 43.3. The van der Waals surface area contributed by atoms with Gasteiger partial charge in [-0.3, -0.25) is 9.69 Å². The minimum absolute atomic E-state index is 0.00961. The highest BCUT2D eigenvalue weighted by atomic mass is 19.1. The van der Waals surface area contributed by atoms with Crippen LogP contribution in [-0.2, 0) is 20.9 Å². The molecular formula is C47H55FN2O9. The Morgan fingerprint density at radius 3 is 2.47 bits per heavy atom. The molecule has 2 N–H and O–H groups in total. The van der Waals surface area contributed by atoms with E-state index in [4.69, 9.17) is 23.8 Å². The van der Waals surface area contributed by atoms with E-state index in [0.717, 1.165) is 43.1 Å². The molecule has 1 aliphatic heterocycles. The van der Waals surface area contributed by atoms with Crippen molar-refractivity contribution in [2.45, 2.75) is 75.7 Å². The smallest absolute Gasteiger partial charge is 0.410 e. The molecule has 12 heteroatoms. The number of aliphatic hydroxyl groups excluding tert-OH is 2. The number of carbonyl (C=O) groups excluding carboxylic acids is 2. The number of halogens is 1. The third-order valence-corrected chi connectivity index (χ3v) is 11.5. The quantitative estimate of drug-likeness (QED) is 0.0468. The predicted molar refractivity (Wildman–Crippen MR) is 222 cm³/mol.